The molecule has 0 aliphatic rings. The number of nitrogens with one attached hydrogen (secondary N) is 2. The molecular formula is C21H16N2O2. The van der Waals surface area contributed by atoms with Gasteiger partial charge in [-0.2, -0.15) is 0 Å². The standard InChI is InChI=1S/C21H16N2O2/c24-21(17-9-6-11-18-16(17)13-14-22-18)23-19-10-4-5-12-20(19)25-15-7-2-1-3-8-15/h1-14,22H,(H,23,24). The molecule has 0 saturated heterocycles. The number of amides is 1. The number of rotatable bonds is 4. The van der Waals surface area contributed by atoms with Gasteiger partial charge in [0.2, 0.25) is 0 Å². The number of ether oxygens (including phenoxy) is 1. The topological polar surface area (TPSA) is 54.1 Å². The van der Waals surface area contributed by atoms with E-state index in [1.165, 1.54) is 0 Å². The van der Waals surface area contributed by atoms with E-state index < -0.39 is 0 Å². The first-order valence-corrected chi connectivity index (χ1v) is 8.01. The maximum Gasteiger partial charge on any atom is 0.256 e. The minimum Gasteiger partial charge on any atom is -0.455 e. The fraction of sp³-hybridized carbons (Fsp3) is 0. The fourth-order valence-corrected chi connectivity index (χ4v) is 2.75. The van der Waals surface area contributed by atoms with Gasteiger partial charge in [-0.05, 0) is 42.5 Å². The SMILES string of the molecule is O=C(Nc1ccccc1Oc1ccccc1)c1cccc2[nH]ccc12. The van der Waals surface area contributed by atoms with Crippen molar-refractivity contribution >= 4 is 22.5 Å². The van der Waals surface area contributed by atoms with E-state index in [1.807, 2.05) is 85.1 Å². The summed E-state index contributed by atoms with van der Waals surface area (Å²) in [7, 11) is 0. The Kier molecular flexibility index (Phi) is 3.92. The lowest BCUT2D eigenvalue weighted by Crippen LogP contribution is -2.12. The molecule has 0 bridgehead atoms. The van der Waals surface area contributed by atoms with Crippen LogP contribution >= 0.6 is 0 Å². The van der Waals surface area contributed by atoms with Crippen LogP contribution in [0, 0.1) is 0 Å². The molecule has 1 aromatic heterocycles. The summed E-state index contributed by atoms with van der Waals surface area (Å²) in [5, 5.41) is 3.84. The van der Waals surface area contributed by atoms with Crippen molar-refractivity contribution in [1.29, 1.82) is 0 Å². The largest absolute Gasteiger partial charge is 0.455 e. The maximum atomic E-state index is 12.8. The van der Waals surface area contributed by atoms with E-state index in [-0.39, 0.29) is 5.91 Å². The van der Waals surface area contributed by atoms with Crippen LogP contribution < -0.4 is 10.1 Å². The number of hydrogen-bond acceptors (Lipinski definition) is 2. The Morgan fingerprint density at radius 2 is 1.64 bits per heavy atom. The van der Waals surface area contributed by atoms with Crippen molar-refractivity contribution in [2.45, 2.75) is 0 Å². The van der Waals surface area contributed by atoms with Crippen LogP contribution in [0.1, 0.15) is 10.4 Å². The molecule has 25 heavy (non-hydrogen) atoms. The van der Waals surface area contributed by atoms with Crippen molar-refractivity contribution < 1.29 is 9.53 Å². The number of carbonyl (C=O) groups is 1. The zero-order valence-corrected chi connectivity index (χ0v) is 13.4. The minimum absolute atomic E-state index is 0.172. The van der Waals surface area contributed by atoms with Crippen LogP contribution in [0.15, 0.2) is 85.1 Å². The highest BCUT2D eigenvalue weighted by atomic mass is 16.5. The lowest BCUT2D eigenvalue weighted by atomic mass is 10.1. The molecule has 1 heterocycles. The van der Waals surface area contributed by atoms with E-state index in [1.54, 1.807) is 0 Å². The van der Waals surface area contributed by atoms with E-state index in [9.17, 15) is 4.79 Å². The predicted octanol–water partition coefficient (Wildman–Crippen LogP) is 5.21. The molecule has 4 nitrogen and oxygen atoms in total. The minimum atomic E-state index is -0.172. The highest BCUT2D eigenvalue weighted by Crippen LogP contribution is 2.30. The molecule has 1 amide bonds. The highest BCUT2D eigenvalue weighted by Gasteiger charge is 2.13. The van der Waals surface area contributed by atoms with Crippen molar-refractivity contribution in [1.82, 2.24) is 4.98 Å². The van der Waals surface area contributed by atoms with Gasteiger partial charge in [-0.1, -0.05) is 36.4 Å². The summed E-state index contributed by atoms with van der Waals surface area (Å²) in [6, 6.07) is 24.4. The van der Waals surface area contributed by atoms with Crippen molar-refractivity contribution in [3.8, 4) is 11.5 Å². The second-order valence-corrected chi connectivity index (χ2v) is 5.61. The van der Waals surface area contributed by atoms with E-state index in [4.69, 9.17) is 4.74 Å². The smallest absolute Gasteiger partial charge is 0.256 e. The molecule has 0 fully saturated rings. The Hall–Kier alpha value is -3.53. The van der Waals surface area contributed by atoms with E-state index in [2.05, 4.69) is 10.3 Å². The lowest BCUT2D eigenvalue weighted by molar-refractivity contribution is 0.102. The summed E-state index contributed by atoms with van der Waals surface area (Å²) < 4.78 is 5.90. The monoisotopic (exact) mass is 328 g/mol. The quantitative estimate of drug-likeness (QED) is 0.540. The maximum absolute atomic E-state index is 12.8. The summed E-state index contributed by atoms with van der Waals surface area (Å²) in [5.41, 5.74) is 2.18. The van der Waals surface area contributed by atoms with Crippen LogP contribution in [-0.4, -0.2) is 10.9 Å². The van der Waals surface area contributed by atoms with Crippen molar-refractivity contribution in [2.75, 3.05) is 5.32 Å². The van der Waals surface area contributed by atoms with Crippen LogP contribution in [0.25, 0.3) is 10.9 Å². The number of carbonyl (C=O) groups excluding carboxylic acids is 1. The Balaban J connectivity index is 1.63. The third-order valence-corrected chi connectivity index (χ3v) is 3.95. The summed E-state index contributed by atoms with van der Waals surface area (Å²) in [5.74, 6) is 1.15. The van der Waals surface area contributed by atoms with Gasteiger partial charge in [0.1, 0.15) is 5.75 Å². The molecule has 0 aliphatic carbocycles. The number of benzene rings is 3. The first-order valence-electron chi connectivity index (χ1n) is 8.01. The molecular weight excluding hydrogens is 312 g/mol. The second kappa shape index (κ2) is 6.53. The third-order valence-electron chi connectivity index (χ3n) is 3.95. The number of H-pyrrole nitrogens is 1. The molecule has 0 unspecified atom stereocenters. The van der Waals surface area contributed by atoms with Gasteiger partial charge in [0.25, 0.3) is 5.91 Å². The molecule has 122 valence electrons. The van der Waals surface area contributed by atoms with Crippen LogP contribution in [0.3, 0.4) is 0 Å². The van der Waals surface area contributed by atoms with Gasteiger partial charge in [-0.15, -0.1) is 0 Å². The third kappa shape index (κ3) is 3.10. The van der Waals surface area contributed by atoms with Crippen molar-refractivity contribution in [2.24, 2.45) is 0 Å². The first-order chi connectivity index (χ1) is 12.3. The molecule has 0 aliphatic heterocycles. The van der Waals surface area contributed by atoms with Crippen molar-refractivity contribution in [3.63, 3.8) is 0 Å². The summed E-state index contributed by atoms with van der Waals surface area (Å²) in [6.45, 7) is 0. The molecule has 3 aromatic carbocycles. The zero-order chi connectivity index (χ0) is 17.1. The number of fused-ring (bicyclic) bond motifs is 1. The van der Waals surface area contributed by atoms with E-state index >= 15 is 0 Å². The van der Waals surface area contributed by atoms with Gasteiger partial charge in [0.05, 0.1) is 5.69 Å². The molecule has 0 saturated carbocycles. The highest BCUT2D eigenvalue weighted by molar-refractivity contribution is 6.12. The van der Waals surface area contributed by atoms with Gasteiger partial charge in [-0.3, -0.25) is 4.79 Å². The number of aromatic nitrogens is 1. The molecule has 0 atom stereocenters. The average molecular weight is 328 g/mol. The molecule has 4 aromatic rings. The fourth-order valence-electron chi connectivity index (χ4n) is 2.75. The summed E-state index contributed by atoms with van der Waals surface area (Å²) >= 11 is 0. The molecule has 2 N–H and O–H groups in total. The van der Waals surface area contributed by atoms with Crippen LogP contribution in [0.5, 0.6) is 11.5 Å². The zero-order valence-electron chi connectivity index (χ0n) is 13.4. The molecule has 0 radical (unpaired) electrons. The summed E-state index contributed by atoms with van der Waals surface area (Å²) in [6.07, 6.45) is 1.83. The van der Waals surface area contributed by atoms with Crippen LogP contribution in [-0.2, 0) is 0 Å². The number of para-hydroxylation sites is 3. The van der Waals surface area contributed by atoms with Gasteiger partial charge in [0.15, 0.2) is 5.75 Å². The normalized spacial score (nSPS) is 10.6. The molecule has 0 spiro atoms. The first kappa shape index (κ1) is 15.0. The number of anilines is 1. The number of hydrogen-bond donors (Lipinski definition) is 2. The average Bonchev–Trinajstić information content (AvgIpc) is 3.13. The Morgan fingerprint density at radius 1 is 0.840 bits per heavy atom. The Bertz CT molecular complexity index is 1020. The lowest BCUT2D eigenvalue weighted by Gasteiger charge is -2.12. The molecule has 4 rings (SSSR count). The van der Waals surface area contributed by atoms with E-state index in [0.29, 0.717) is 17.0 Å². The number of aromatic amines is 1. The Morgan fingerprint density at radius 3 is 2.52 bits per heavy atom. The predicted molar refractivity (Wildman–Crippen MR) is 99.2 cm³/mol. The van der Waals surface area contributed by atoms with Gasteiger partial charge < -0.3 is 15.0 Å². The summed E-state index contributed by atoms with van der Waals surface area (Å²) in [4.78, 5) is 15.9. The Labute approximate surface area is 145 Å². The van der Waals surface area contributed by atoms with Crippen molar-refractivity contribution in [3.05, 3.63) is 90.6 Å². The van der Waals surface area contributed by atoms with E-state index in [0.717, 1.165) is 16.7 Å². The van der Waals surface area contributed by atoms with Gasteiger partial charge in [0, 0.05) is 22.7 Å². The van der Waals surface area contributed by atoms with Gasteiger partial charge >= 0.3 is 0 Å². The molecule has 4 heteroatoms. The van der Waals surface area contributed by atoms with Crippen LogP contribution in [0.4, 0.5) is 5.69 Å². The van der Waals surface area contributed by atoms with Crippen LogP contribution in [0.2, 0.25) is 0 Å². The van der Waals surface area contributed by atoms with Gasteiger partial charge in [-0.25, -0.2) is 0 Å². The second-order valence-electron chi connectivity index (χ2n) is 5.61.